The second-order valence-corrected chi connectivity index (χ2v) is 6.80. The van der Waals surface area contributed by atoms with Crippen molar-refractivity contribution in [1.82, 2.24) is 9.99 Å². The Morgan fingerprint density at radius 1 is 1.07 bits per heavy atom. The van der Waals surface area contributed by atoms with E-state index in [1.807, 2.05) is 36.6 Å². The minimum atomic E-state index is -0.313. The lowest BCUT2D eigenvalue weighted by Gasteiger charge is -2.10. The van der Waals surface area contributed by atoms with Crippen molar-refractivity contribution >= 4 is 11.6 Å². The van der Waals surface area contributed by atoms with Gasteiger partial charge in [-0.3, -0.25) is 4.79 Å². The first kappa shape index (κ1) is 18.7. The van der Waals surface area contributed by atoms with Crippen molar-refractivity contribution in [2.24, 2.45) is 5.10 Å². The van der Waals surface area contributed by atoms with Crippen LogP contribution in [0.15, 0.2) is 53.6 Å². The number of fused-ring (bicyclic) bond motifs is 1. The number of amides is 1. The molecule has 1 amide bonds. The van der Waals surface area contributed by atoms with Gasteiger partial charge in [0.05, 0.1) is 11.3 Å². The Labute approximate surface area is 167 Å². The van der Waals surface area contributed by atoms with E-state index in [4.69, 9.17) is 9.47 Å². The number of benzene rings is 2. The minimum Gasteiger partial charge on any atom is -0.454 e. The van der Waals surface area contributed by atoms with Crippen molar-refractivity contribution in [2.45, 2.75) is 20.8 Å². The number of hydrogen-bond donors (Lipinski definition) is 1. The number of carbonyl (C=O) groups excluding carboxylic acids is 1. The Morgan fingerprint density at radius 3 is 2.55 bits per heavy atom. The number of hydrazone groups is 1. The fourth-order valence-corrected chi connectivity index (χ4v) is 3.36. The highest BCUT2D eigenvalue weighted by atomic mass is 19.1. The number of aryl methyl sites for hydroxylation is 1. The van der Waals surface area contributed by atoms with Crippen molar-refractivity contribution in [2.75, 3.05) is 6.79 Å². The fraction of sp³-hybridized carbons (Fsp3) is 0.182. The molecular weight excluding hydrogens is 373 g/mol. The van der Waals surface area contributed by atoms with Gasteiger partial charge in [-0.15, -0.1) is 0 Å². The van der Waals surface area contributed by atoms with E-state index in [2.05, 4.69) is 10.5 Å². The molecule has 0 bridgehead atoms. The lowest BCUT2D eigenvalue weighted by molar-refractivity contribution is 0.0954. The van der Waals surface area contributed by atoms with Crippen molar-refractivity contribution in [3.63, 3.8) is 0 Å². The molecule has 0 unspecified atom stereocenters. The topological polar surface area (TPSA) is 64.9 Å². The van der Waals surface area contributed by atoms with E-state index in [9.17, 15) is 9.18 Å². The van der Waals surface area contributed by atoms with Crippen LogP contribution >= 0.6 is 0 Å². The zero-order valence-corrected chi connectivity index (χ0v) is 16.3. The van der Waals surface area contributed by atoms with Crippen molar-refractivity contribution in [3.05, 3.63) is 76.9 Å². The predicted molar refractivity (Wildman–Crippen MR) is 107 cm³/mol. The van der Waals surface area contributed by atoms with E-state index in [1.54, 1.807) is 25.1 Å². The molecule has 2 aromatic carbocycles. The maximum absolute atomic E-state index is 13.2. The summed E-state index contributed by atoms with van der Waals surface area (Å²) in [5.74, 6) is 0.735. The van der Waals surface area contributed by atoms with Crippen LogP contribution in [0.3, 0.4) is 0 Å². The maximum Gasteiger partial charge on any atom is 0.273 e. The Bertz CT molecular complexity index is 1120. The first-order valence-electron chi connectivity index (χ1n) is 9.13. The minimum absolute atomic E-state index is 0.204. The molecule has 0 radical (unpaired) electrons. The Kier molecular flexibility index (Phi) is 4.80. The van der Waals surface area contributed by atoms with Crippen LogP contribution in [0.1, 0.15) is 34.2 Å². The molecule has 29 heavy (non-hydrogen) atoms. The van der Waals surface area contributed by atoms with E-state index >= 15 is 0 Å². The molecule has 1 N–H and O–H groups in total. The normalized spacial score (nSPS) is 12.9. The van der Waals surface area contributed by atoms with E-state index < -0.39 is 0 Å². The zero-order valence-electron chi connectivity index (χ0n) is 16.3. The van der Waals surface area contributed by atoms with Gasteiger partial charge in [0.1, 0.15) is 5.82 Å². The maximum atomic E-state index is 13.2. The fourth-order valence-electron chi connectivity index (χ4n) is 3.36. The lowest BCUT2D eigenvalue weighted by atomic mass is 10.1. The van der Waals surface area contributed by atoms with Gasteiger partial charge in [0.15, 0.2) is 11.5 Å². The van der Waals surface area contributed by atoms with Crippen LogP contribution in [0.25, 0.3) is 5.69 Å². The van der Waals surface area contributed by atoms with Crippen LogP contribution in [-0.2, 0) is 0 Å². The van der Waals surface area contributed by atoms with E-state index in [-0.39, 0.29) is 18.5 Å². The number of nitrogens with zero attached hydrogens (tertiary/aromatic N) is 2. The summed E-state index contributed by atoms with van der Waals surface area (Å²) < 4.78 is 25.8. The monoisotopic (exact) mass is 393 g/mol. The van der Waals surface area contributed by atoms with E-state index in [0.717, 1.165) is 22.6 Å². The number of rotatable bonds is 4. The van der Waals surface area contributed by atoms with Crippen LogP contribution in [0.5, 0.6) is 11.5 Å². The largest absolute Gasteiger partial charge is 0.454 e. The molecule has 3 aromatic rings. The number of carbonyl (C=O) groups is 1. The summed E-state index contributed by atoms with van der Waals surface area (Å²) in [4.78, 5) is 12.7. The molecule has 0 saturated carbocycles. The summed E-state index contributed by atoms with van der Waals surface area (Å²) in [5, 5.41) is 4.22. The van der Waals surface area contributed by atoms with Gasteiger partial charge in [0.2, 0.25) is 6.79 Å². The average Bonchev–Trinajstić information content (AvgIpc) is 3.30. The summed E-state index contributed by atoms with van der Waals surface area (Å²) in [7, 11) is 0. The van der Waals surface area contributed by atoms with Gasteiger partial charge < -0.3 is 14.0 Å². The van der Waals surface area contributed by atoms with Gasteiger partial charge in [-0.25, -0.2) is 9.82 Å². The van der Waals surface area contributed by atoms with Gasteiger partial charge in [0, 0.05) is 22.6 Å². The lowest BCUT2D eigenvalue weighted by Crippen LogP contribution is -2.20. The Hall–Kier alpha value is -3.61. The number of halogens is 1. The number of hydrogen-bond acceptors (Lipinski definition) is 4. The van der Waals surface area contributed by atoms with Crippen LogP contribution in [0.4, 0.5) is 4.39 Å². The predicted octanol–water partition coefficient (Wildman–Crippen LogP) is 4.12. The third-order valence-corrected chi connectivity index (χ3v) is 4.88. The summed E-state index contributed by atoms with van der Waals surface area (Å²) in [6, 6.07) is 13.4. The highest BCUT2D eigenvalue weighted by molar-refractivity contribution is 6.01. The molecule has 6 nitrogen and oxygen atoms in total. The molecule has 1 aliphatic rings. The van der Waals surface area contributed by atoms with Gasteiger partial charge in [-0.1, -0.05) is 0 Å². The molecule has 2 heterocycles. The average molecular weight is 393 g/mol. The molecule has 0 fully saturated rings. The summed E-state index contributed by atoms with van der Waals surface area (Å²) >= 11 is 0. The second-order valence-electron chi connectivity index (χ2n) is 6.80. The molecular formula is C22H20FN3O3. The van der Waals surface area contributed by atoms with Crippen molar-refractivity contribution in [3.8, 4) is 17.2 Å². The Morgan fingerprint density at radius 2 is 1.79 bits per heavy atom. The number of nitrogens with one attached hydrogen (secondary N) is 1. The Balaban J connectivity index is 1.55. The molecule has 1 aromatic heterocycles. The van der Waals surface area contributed by atoms with Crippen molar-refractivity contribution in [1.29, 1.82) is 0 Å². The van der Waals surface area contributed by atoms with Gasteiger partial charge in [0.25, 0.3) is 5.91 Å². The smallest absolute Gasteiger partial charge is 0.273 e. The van der Waals surface area contributed by atoms with E-state index in [0.29, 0.717) is 22.8 Å². The van der Waals surface area contributed by atoms with Crippen LogP contribution < -0.4 is 14.9 Å². The highest BCUT2D eigenvalue weighted by Crippen LogP contribution is 2.32. The van der Waals surface area contributed by atoms with Crippen LogP contribution in [0, 0.1) is 19.7 Å². The second kappa shape index (κ2) is 7.43. The summed E-state index contributed by atoms with van der Waals surface area (Å²) in [5.41, 5.74) is 7.00. The van der Waals surface area contributed by atoms with Gasteiger partial charge in [-0.2, -0.15) is 5.10 Å². The molecule has 0 spiro atoms. The molecule has 1 aliphatic heterocycles. The van der Waals surface area contributed by atoms with Crippen molar-refractivity contribution < 1.29 is 18.7 Å². The van der Waals surface area contributed by atoms with E-state index in [1.165, 1.54) is 12.1 Å². The number of aromatic nitrogens is 1. The summed E-state index contributed by atoms with van der Waals surface area (Å²) in [6.07, 6.45) is 0. The standard InChI is InChI=1S/C22H20FN3O3/c1-13-10-19(15(3)26(13)18-7-5-17(23)6-8-18)22(27)25-24-14(2)16-4-9-20-21(11-16)29-12-28-20/h4-11H,12H2,1-3H3,(H,25,27). The third kappa shape index (κ3) is 3.59. The molecule has 0 aliphatic carbocycles. The van der Waals surface area contributed by atoms with Gasteiger partial charge in [-0.05, 0) is 69.3 Å². The third-order valence-electron chi connectivity index (χ3n) is 4.88. The van der Waals surface area contributed by atoms with Crippen LogP contribution in [0.2, 0.25) is 0 Å². The quantitative estimate of drug-likeness (QED) is 0.536. The number of ether oxygens (including phenoxy) is 2. The molecule has 7 heteroatoms. The SMILES string of the molecule is CC(=NNC(=O)c1cc(C)n(-c2ccc(F)cc2)c1C)c1ccc2c(c1)OCO2. The highest BCUT2D eigenvalue weighted by Gasteiger charge is 2.17. The molecule has 0 atom stereocenters. The molecule has 0 saturated heterocycles. The first-order valence-corrected chi connectivity index (χ1v) is 9.13. The van der Waals surface area contributed by atoms with Gasteiger partial charge >= 0.3 is 0 Å². The first-order chi connectivity index (χ1) is 13.9. The molecule has 4 rings (SSSR count). The molecule has 148 valence electrons. The zero-order chi connectivity index (χ0) is 20.5. The van der Waals surface area contributed by atoms with Crippen LogP contribution in [-0.4, -0.2) is 23.0 Å². The summed E-state index contributed by atoms with van der Waals surface area (Å²) in [6.45, 7) is 5.75.